The molecule has 0 unspecified atom stereocenters. The molecular weight excluding hydrogens is 552 g/mol. The van der Waals surface area contributed by atoms with Crippen LogP contribution >= 0.6 is 0 Å². The number of rotatable bonds is 7. The van der Waals surface area contributed by atoms with E-state index in [1.807, 2.05) is 9.80 Å². The molecule has 9 nitrogen and oxygen atoms in total. The highest BCUT2D eigenvalue weighted by atomic mass is 19.3. The zero-order valence-electron chi connectivity index (χ0n) is 21.2. The Labute approximate surface area is 228 Å². The summed E-state index contributed by atoms with van der Waals surface area (Å²) in [5, 5.41) is 7.36. The van der Waals surface area contributed by atoms with Crippen LogP contribution in [0, 0.1) is 11.6 Å². The number of anilines is 1. The molecule has 0 radical (unpaired) electrons. The summed E-state index contributed by atoms with van der Waals surface area (Å²) in [7, 11) is 0. The molecule has 4 aromatic heterocycles. The van der Waals surface area contributed by atoms with Gasteiger partial charge in [0.15, 0.2) is 5.82 Å². The highest BCUT2D eigenvalue weighted by molar-refractivity contribution is 5.85. The Hall–Kier alpha value is -4.53. The van der Waals surface area contributed by atoms with Gasteiger partial charge in [-0.3, -0.25) is 9.88 Å². The maximum atomic E-state index is 14.2. The molecule has 1 saturated heterocycles. The van der Waals surface area contributed by atoms with Gasteiger partial charge in [-0.1, -0.05) is 0 Å². The van der Waals surface area contributed by atoms with Crippen LogP contribution in [0.4, 0.5) is 32.2 Å². The standard InChI is InChI=1S/C26H21F6N9/c27-18-1-2-19(28)15(7-18)12-38-3-5-39(6-4-38)24-23(17-10-35-41(14-17)26(31)32)36-21-8-20(33-11-22(21)37-24)16-9-34-40(13-16)25(29)30/h1-2,7-11,13-14,25-26H,3-6,12H2. The molecule has 0 amide bonds. The molecule has 1 aromatic carbocycles. The topological polar surface area (TPSA) is 80.8 Å². The molecule has 1 aliphatic rings. The number of pyridine rings is 1. The number of nitrogens with zero attached hydrogens (tertiary/aromatic N) is 9. The third kappa shape index (κ3) is 5.44. The molecular formula is C26H21F6N9. The van der Waals surface area contributed by atoms with Crippen LogP contribution in [0.1, 0.15) is 18.7 Å². The number of fused-ring (bicyclic) bond motifs is 1. The first-order chi connectivity index (χ1) is 19.7. The fourth-order valence-electron chi connectivity index (χ4n) is 4.69. The Bertz CT molecular complexity index is 1690. The lowest BCUT2D eigenvalue weighted by Crippen LogP contribution is -2.46. The predicted molar refractivity (Wildman–Crippen MR) is 136 cm³/mol. The first-order valence-corrected chi connectivity index (χ1v) is 12.5. The van der Waals surface area contributed by atoms with Gasteiger partial charge >= 0.3 is 13.1 Å². The minimum Gasteiger partial charge on any atom is -0.352 e. The molecule has 5 heterocycles. The molecule has 0 bridgehead atoms. The molecule has 5 aromatic rings. The summed E-state index contributed by atoms with van der Waals surface area (Å²) < 4.78 is 81.4. The monoisotopic (exact) mass is 573 g/mol. The Morgan fingerprint density at radius 2 is 1.44 bits per heavy atom. The first kappa shape index (κ1) is 26.7. The zero-order valence-corrected chi connectivity index (χ0v) is 21.2. The van der Waals surface area contributed by atoms with Gasteiger partial charge in [-0.2, -0.15) is 27.8 Å². The smallest absolute Gasteiger partial charge is 0.333 e. The summed E-state index contributed by atoms with van der Waals surface area (Å²) in [6.45, 7) is -3.54. The van der Waals surface area contributed by atoms with Gasteiger partial charge in [0.05, 0.1) is 29.8 Å². The summed E-state index contributed by atoms with van der Waals surface area (Å²) in [6.07, 6.45) is 6.30. The van der Waals surface area contributed by atoms with Crippen molar-refractivity contribution in [2.45, 2.75) is 19.6 Å². The molecule has 15 heteroatoms. The number of aromatic nitrogens is 7. The van der Waals surface area contributed by atoms with Gasteiger partial charge in [0.2, 0.25) is 0 Å². The number of alkyl halides is 4. The Kier molecular flexibility index (Phi) is 7.03. The highest BCUT2D eigenvalue weighted by Crippen LogP contribution is 2.32. The fourth-order valence-corrected chi connectivity index (χ4v) is 4.69. The number of piperazine rings is 1. The third-order valence-corrected chi connectivity index (χ3v) is 6.78. The van der Waals surface area contributed by atoms with Gasteiger partial charge < -0.3 is 4.90 Å². The predicted octanol–water partition coefficient (Wildman–Crippen LogP) is 5.14. The van der Waals surface area contributed by atoms with Crippen molar-refractivity contribution in [3.63, 3.8) is 0 Å². The van der Waals surface area contributed by atoms with Crippen LogP contribution in [0.3, 0.4) is 0 Å². The largest absolute Gasteiger partial charge is 0.352 e. The summed E-state index contributed by atoms with van der Waals surface area (Å²) in [5.74, 6) is -0.580. The maximum Gasteiger partial charge on any atom is 0.333 e. The highest BCUT2D eigenvalue weighted by Gasteiger charge is 2.25. The molecule has 0 saturated carbocycles. The Balaban J connectivity index is 1.32. The first-order valence-electron chi connectivity index (χ1n) is 12.5. The van der Waals surface area contributed by atoms with E-state index in [0.717, 1.165) is 18.3 Å². The Morgan fingerprint density at radius 1 is 0.756 bits per heavy atom. The summed E-state index contributed by atoms with van der Waals surface area (Å²) in [4.78, 5) is 17.7. The number of hydrogen-bond acceptors (Lipinski definition) is 7. The van der Waals surface area contributed by atoms with Crippen molar-refractivity contribution in [2.24, 2.45) is 0 Å². The maximum absolute atomic E-state index is 14.2. The second kappa shape index (κ2) is 10.8. The lowest BCUT2D eigenvalue weighted by Gasteiger charge is -2.36. The minimum absolute atomic E-state index is 0.226. The number of hydrogen-bond donors (Lipinski definition) is 0. The molecule has 1 fully saturated rings. The molecule has 212 valence electrons. The second-order valence-corrected chi connectivity index (χ2v) is 9.43. The van der Waals surface area contributed by atoms with Crippen LogP contribution in [0.15, 0.2) is 55.2 Å². The van der Waals surface area contributed by atoms with E-state index in [2.05, 4.69) is 15.2 Å². The van der Waals surface area contributed by atoms with Crippen molar-refractivity contribution < 1.29 is 26.3 Å². The van der Waals surface area contributed by atoms with E-state index in [4.69, 9.17) is 9.97 Å². The SMILES string of the molecule is Fc1ccc(F)c(CN2CCN(c3nc4cnc(-c5cnn(C(F)F)c5)cc4nc3-c3cnn(C(F)F)c3)CC2)c1. The van der Waals surface area contributed by atoms with Crippen molar-refractivity contribution in [2.75, 3.05) is 31.1 Å². The van der Waals surface area contributed by atoms with E-state index >= 15 is 0 Å². The minimum atomic E-state index is -2.85. The van der Waals surface area contributed by atoms with E-state index in [1.54, 1.807) is 6.07 Å². The summed E-state index contributed by atoms with van der Waals surface area (Å²) in [5.41, 5.74) is 2.31. The van der Waals surface area contributed by atoms with Gasteiger partial charge in [-0.15, -0.1) is 0 Å². The van der Waals surface area contributed by atoms with Crippen molar-refractivity contribution in [1.82, 2.24) is 39.4 Å². The molecule has 1 aliphatic heterocycles. The van der Waals surface area contributed by atoms with E-state index < -0.39 is 24.7 Å². The van der Waals surface area contributed by atoms with Gasteiger partial charge in [0.1, 0.15) is 22.8 Å². The van der Waals surface area contributed by atoms with Gasteiger partial charge in [0, 0.05) is 61.8 Å². The lowest BCUT2D eigenvalue weighted by molar-refractivity contribution is 0.0562. The van der Waals surface area contributed by atoms with Crippen LogP contribution in [0.25, 0.3) is 33.5 Å². The lowest BCUT2D eigenvalue weighted by atomic mass is 10.1. The average Bonchev–Trinajstić information content (AvgIpc) is 3.66. The van der Waals surface area contributed by atoms with Crippen molar-refractivity contribution in [3.8, 4) is 22.5 Å². The number of benzene rings is 1. The van der Waals surface area contributed by atoms with Crippen LogP contribution in [-0.2, 0) is 6.54 Å². The van der Waals surface area contributed by atoms with Crippen LogP contribution < -0.4 is 4.90 Å². The zero-order chi connectivity index (χ0) is 28.7. The summed E-state index contributed by atoms with van der Waals surface area (Å²) in [6, 6.07) is 4.91. The van der Waals surface area contributed by atoms with Crippen LogP contribution in [0.2, 0.25) is 0 Å². The molecule has 0 N–H and O–H groups in total. The van der Waals surface area contributed by atoms with E-state index in [-0.39, 0.29) is 12.1 Å². The second-order valence-electron chi connectivity index (χ2n) is 9.43. The molecule has 0 spiro atoms. The van der Waals surface area contributed by atoms with Crippen LogP contribution in [-0.4, -0.2) is 65.6 Å². The third-order valence-electron chi connectivity index (χ3n) is 6.78. The quantitative estimate of drug-likeness (QED) is 0.250. The van der Waals surface area contributed by atoms with Crippen molar-refractivity contribution in [1.29, 1.82) is 0 Å². The van der Waals surface area contributed by atoms with E-state index in [0.29, 0.717) is 74.9 Å². The average molecular weight is 574 g/mol. The molecule has 0 atom stereocenters. The number of halogens is 6. The van der Waals surface area contributed by atoms with Gasteiger partial charge in [0.25, 0.3) is 0 Å². The van der Waals surface area contributed by atoms with Crippen molar-refractivity contribution >= 4 is 16.9 Å². The molecule has 0 aliphatic carbocycles. The fraction of sp³-hybridized carbons (Fsp3) is 0.269. The van der Waals surface area contributed by atoms with Crippen LogP contribution in [0.5, 0.6) is 0 Å². The Morgan fingerprint density at radius 3 is 2.12 bits per heavy atom. The van der Waals surface area contributed by atoms with Gasteiger partial charge in [-0.05, 0) is 24.3 Å². The molecule has 41 heavy (non-hydrogen) atoms. The molecule has 6 rings (SSSR count). The van der Waals surface area contributed by atoms with E-state index in [1.165, 1.54) is 30.9 Å². The normalized spacial score (nSPS) is 14.6. The van der Waals surface area contributed by atoms with Gasteiger partial charge in [-0.25, -0.2) is 28.1 Å². The summed E-state index contributed by atoms with van der Waals surface area (Å²) >= 11 is 0. The van der Waals surface area contributed by atoms with Crippen molar-refractivity contribution in [3.05, 3.63) is 72.4 Å². The van der Waals surface area contributed by atoms with E-state index in [9.17, 15) is 26.3 Å².